The summed E-state index contributed by atoms with van der Waals surface area (Å²) >= 11 is 0. The van der Waals surface area contributed by atoms with Crippen LogP contribution in [0.1, 0.15) is 39.5 Å². The SMILES string of the molecule is CCOc1ccc(NC(=O)CCC(CC)CCN)cc1F. The molecular formula is C16H25FN2O2. The van der Waals surface area contributed by atoms with Crippen molar-refractivity contribution in [3.8, 4) is 5.75 Å². The summed E-state index contributed by atoms with van der Waals surface area (Å²) in [7, 11) is 0. The Kier molecular flexibility index (Phi) is 7.75. The molecular weight excluding hydrogens is 271 g/mol. The third-order valence-electron chi connectivity index (χ3n) is 3.45. The van der Waals surface area contributed by atoms with Gasteiger partial charge in [0.15, 0.2) is 11.6 Å². The van der Waals surface area contributed by atoms with Crippen molar-refractivity contribution in [3.63, 3.8) is 0 Å². The number of hydrogen-bond donors (Lipinski definition) is 2. The van der Waals surface area contributed by atoms with E-state index in [1.165, 1.54) is 12.1 Å². The van der Waals surface area contributed by atoms with E-state index in [4.69, 9.17) is 10.5 Å². The molecule has 0 fully saturated rings. The zero-order valence-corrected chi connectivity index (χ0v) is 12.8. The van der Waals surface area contributed by atoms with E-state index < -0.39 is 5.82 Å². The summed E-state index contributed by atoms with van der Waals surface area (Å²) in [4.78, 5) is 11.9. The van der Waals surface area contributed by atoms with Crippen LogP contribution in [-0.4, -0.2) is 19.1 Å². The van der Waals surface area contributed by atoms with Gasteiger partial charge in [-0.1, -0.05) is 13.3 Å². The maximum absolute atomic E-state index is 13.7. The first kappa shape index (κ1) is 17.4. The van der Waals surface area contributed by atoms with Gasteiger partial charge in [0, 0.05) is 18.2 Å². The summed E-state index contributed by atoms with van der Waals surface area (Å²) in [6, 6.07) is 4.45. The fourth-order valence-corrected chi connectivity index (χ4v) is 2.20. The fourth-order valence-electron chi connectivity index (χ4n) is 2.20. The van der Waals surface area contributed by atoms with Crippen LogP contribution < -0.4 is 15.8 Å². The predicted octanol–water partition coefficient (Wildman–Crippen LogP) is 3.32. The molecule has 3 N–H and O–H groups in total. The van der Waals surface area contributed by atoms with Crippen molar-refractivity contribution in [1.29, 1.82) is 0 Å². The molecule has 118 valence electrons. The van der Waals surface area contributed by atoms with Gasteiger partial charge in [-0.3, -0.25) is 4.79 Å². The number of anilines is 1. The van der Waals surface area contributed by atoms with Gasteiger partial charge in [0.2, 0.25) is 5.91 Å². The number of nitrogens with one attached hydrogen (secondary N) is 1. The second-order valence-electron chi connectivity index (χ2n) is 5.02. The second kappa shape index (κ2) is 9.34. The summed E-state index contributed by atoms with van der Waals surface area (Å²) in [6.07, 6.45) is 3.18. The van der Waals surface area contributed by atoms with Crippen LogP contribution in [0.3, 0.4) is 0 Å². The van der Waals surface area contributed by atoms with E-state index in [-0.39, 0.29) is 11.7 Å². The summed E-state index contributed by atoms with van der Waals surface area (Å²) in [5, 5.41) is 2.71. The van der Waals surface area contributed by atoms with E-state index in [1.54, 1.807) is 13.0 Å². The largest absolute Gasteiger partial charge is 0.491 e. The highest BCUT2D eigenvalue weighted by molar-refractivity contribution is 5.90. The first-order valence-corrected chi connectivity index (χ1v) is 7.52. The van der Waals surface area contributed by atoms with Crippen molar-refractivity contribution in [2.75, 3.05) is 18.5 Å². The lowest BCUT2D eigenvalue weighted by Crippen LogP contribution is -2.15. The molecule has 4 nitrogen and oxygen atoms in total. The van der Waals surface area contributed by atoms with Crippen LogP contribution in [0.5, 0.6) is 5.75 Å². The van der Waals surface area contributed by atoms with Gasteiger partial charge in [0.05, 0.1) is 6.61 Å². The van der Waals surface area contributed by atoms with Crippen LogP contribution in [-0.2, 0) is 4.79 Å². The minimum Gasteiger partial charge on any atom is -0.491 e. The van der Waals surface area contributed by atoms with Crippen LogP contribution >= 0.6 is 0 Å². The Morgan fingerprint density at radius 2 is 2.14 bits per heavy atom. The Morgan fingerprint density at radius 1 is 1.38 bits per heavy atom. The lowest BCUT2D eigenvalue weighted by molar-refractivity contribution is -0.116. The van der Waals surface area contributed by atoms with Gasteiger partial charge >= 0.3 is 0 Å². The molecule has 21 heavy (non-hydrogen) atoms. The van der Waals surface area contributed by atoms with E-state index in [0.717, 1.165) is 19.3 Å². The molecule has 0 radical (unpaired) electrons. The minimum absolute atomic E-state index is 0.103. The van der Waals surface area contributed by atoms with Crippen LogP contribution in [0.2, 0.25) is 0 Å². The quantitative estimate of drug-likeness (QED) is 0.734. The van der Waals surface area contributed by atoms with Crippen LogP contribution in [0.25, 0.3) is 0 Å². The first-order valence-electron chi connectivity index (χ1n) is 7.52. The van der Waals surface area contributed by atoms with E-state index in [0.29, 0.717) is 31.2 Å². The third kappa shape index (κ3) is 6.12. The number of carbonyl (C=O) groups is 1. The van der Waals surface area contributed by atoms with Crippen molar-refractivity contribution in [3.05, 3.63) is 24.0 Å². The smallest absolute Gasteiger partial charge is 0.224 e. The number of hydrogen-bond acceptors (Lipinski definition) is 3. The van der Waals surface area contributed by atoms with Crippen molar-refractivity contribution in [1.82, 2.24) is 0 Å². The molecule has 5 heteroatoms. The average Bonchev–Trinajstić information content (AvgIpc) is 2.46. The van der Waals surface area contributed by atoms with Gasteiger partial charge in [-0.05, 0) is 44.4 Å². The summed E-state index contributed by atoms with van der Waals surface area (Å²) in [5.74, 6) is 0.0977. The molecule has 0 bridgehead atoms. The highest BCUT2D eigenvalue weighted by atomic mass is 19.1. The second-order valence-corrected chi connectivity index (χ2v) is 5.02. The number of rotatable bonds is 9. The van der Waals surface area contributed by atoms with E-state index >= 15 is 0 Å². The molecule has 0 saturated heterocycles. The average molecular weight is 296 g/mol. The lowest BCUT2D eigenvalue weighted by atomic mass is 9.96. The number of ether oxygens (including phenoxy) is 1. The summed E-state index contributed by atoms with van der Waals surface area (Å²) in [6.45, 7) is 4.94. The molecule has 0 aliphatic heterocycles. The highest BCUT2D eigenvalue weighted by Gasteiger charge is 2.10. The predicted molar refractivity (Wildman–Crippen MR) is 82.9 cm³/mol. The molecule has 1 atom stereocenters. The standard InChI is InChI=1S/C16H25FN2O2/c1-3-12(9-10-18)5-8-16(20)19-13-6-7-15(21-4-2)14(17)11-13/h6-7,11-12H,3-5,8-10,18H2,1-2H3,(H,19,20). The van der Waals surface area contributed by atoms with Crippen LogP contribution in [0, 0.1) is 11.7 Å². The number of benzene rings is 1. The van der Waals surface area contributed by atoms with E-state index in [1.807, 2.05) is 0 Å². The maximum atomic E-state index is 13.7. The van der Waals surface area contributed by atoms with Crippen molar-refractivity contribution >= 4 is 11.6 Å². The van der Waals surface area contributed by atoms with Gasteiger partial charge in [-0.2, -0.15) is 0 Å². The van der Waals surface area contributed by atoms with E-state index in [9.17, 15) is 9.18 Å². The third-order valence-corrected chi connectivity index (χ3v) is 3.45. The summed E-state index contributed by atoms with van der Waals surface area (Å²) in [5.41, 5.74) is 5.99. The molecule has 0 saturated carbocycles. The van der Waals surface area contributed by atoms with Crippen molar-refractivity contribution in [2.24, 2.45) is 11.7 Å². The molecule has 0 heterocycles. The van der Waals surface area contributed by atoms with Gasteiger partial charge in [0.1, 0.15) is 0 Å². The molecule has 0 aromatic heterocycles. The van der Waals surface area contributed by atoms with Gasteiger partial charge in [0.25, 0.3) is 0 Å². The Bertz CT molecular complexity index is 452. The van der Waals surface area contributed by atoms with Gasteiger partial charge in [-0.15, -0.1) is 0 Å². The highest BCUT2D eigenvalue weighted by Crippen LogP contribution is 2.22. The van der Waals surface area contributed by atoms with Gasteiger partial charge < -0.3 is 15.8 Å². The number of halogens is 1. The number of nitrogens with two attached hydrogens (primary N) is 1. The summed E-state index contributed by atoms with van der Waals surface area (Å²) < 4.78 is 18.8. The molecule has 1 unspecified atom stereocenters. The molecule has 0 spiro atoms. The monoisotopic (exact) mass is 296 g/mol. The lowest BCUT2D eigenvalue weighted by Gasteiger charge is -2.13. The molecule has 0 aliphatic rings. The van der Waals surface area contributed by atoms with Crippen LogP contribution in [0.15, 0.2) is 18.2 Å². The maximum Gasteiger partial charge on any atom is 0.224 e. The number of carbonyl (C=O) groups excluding carboxylic acids is 1. The topological polar surface area (TPSA) is 64.3 Å². The molecule has 0 aliphatic carbocycles. The normalized spacial score (nSPS) is 12.0. The molecule has 1 amide bonds. The minimum atomic E-state index is -0.468. The van der Waals surface area contributed by atoms with Gasteiger partial charge in [-0.25, -0.2) is 4.39 Å². The molecule has 1 aromatic rings. The number of amides is 1. The zero-order valence-electron chi connectivity index (χ0n) is 12.8. The van der Waals surface area contributed by atoms with Crippen molar-refractivity contribution in [2.45, 2.75) is 39.5 Å². The molecule has 1 rings (SSSR count). The first-order chi connectivity index (χ1) is 10.1. The Hall–Kier alpha value is -1.62. The zero-order chi connectivity index (χ0) is 15.7. The van der Waals surface area contributed by atoms with E-state index in [2.05, 4.69) is 12.2 Å². The molecule has 1 aromatic carbocycles. The van der Waals surface area contributed by atoms with Crippen LogP contribution in [0.4, 0.5) is 10.1 Å². The Balaban J connectivity index is 2.49. The van der Waals surface area contributed by atoms with Crippen molar-refractivity contribution < 1.29 is 13.9 Å². The Labute approximate surface area is 125 Å². The Morgan fingerprint density at radius 3 is 2.71 bits per heavy atom. The fraction of sp³-hybridized carbons (Fsp3) is 0.562.